The molecule has 144 valence electrons. The molecule has 0 spiro atoms. The van der Waals surface area contributed by atoms with Gasteiger partial charge >= 0.3 is 0 Å². The molecule has 0 heterocycles. The summed E-state index contributed by atoms with van der Waals surface area (Å²) < 4.78 is 15.7. The van der Waals surface area contributed by atoms with E-state index in [0.29, 0.717) is 0 Å². The zero-order valence-corrected chi connectivity index (χ0v) is 15.6. The molecule has 0 bridgehead atoms. The third kappa shape index (κ3) is 6.50. The molecule has 1 aromatic carbocycles. The van der Waals surface area contributed by atoms with Crippen LogP contribution >= 0.6 is 0 Å². The predicted molar refractivity (Wildman–Crippen MR) is 94.5 cm³/mol. The number of rotatable bonds is 8. The highest BCUT2D eigenvalue weighted by Gasteiger charge is 2.19. The quantitative estimate of drug-likeness (QED) is 0.602. The fourth-order valence-corrected chi connectivity index (χ4v) is 2.02. The van der Waals surface area contributed by atoms with E-state index < -0.39 is 17.4 Å². The maximum atomic E-state index is 12.3. The number of benzene rings is 1. The summed E-state index contributed by atoms with van der Waals surface area (Å²) in [5, 5.41) is 5.26. The summed E-state index contributed by atoms with van der Waals surface area (Å²) >= 11 is 0. The van der Waals surface area contributed by atoms with Crippen LogP contribution in [0.25, 0.3) is 0 Å². The molecule has 0 saturated heterocycles. The van der Waals surface area contributed by atoms with E-state index >= 15 is 0 Å². The lowest BCUT2D eigenvalue weighted by atomic mass is 10.1. The lowest BCUT2D eigenvalue weighted by Crippen LogP contribution is -2.45. The van der Waals surface area contributed by atoms with Crippen LogP contribution in [0.5, 0.6) is 17.2 Å². The van der Waals surface area contributed by atoms with E-state index in [1.165, 1.54) is 26.4 Å². The zero-order chi connectivity index (χ0) is 19.9. The van der Waals surface area contributed by atoms with Gasteiger partial charge in [-0.15, -0.1) is 0 Å². The van der Waals surface area contributed by atoms with Crippen molar-refractivity contribution >= 4 is 17.7 Å². The monoisotopic (exact) mass is 367 g/mol. The van der Waals surface area contributed by atoms with Crippen LogP contribution in [0.15, 0.2) is 12.1 Å². The van der Waals surface area contributed by atoms with Crippen molar-refractivity contribution < 1.29 is 28.6 Å². The Morgan fingerprint density at radius 1 is 1.08 bits per heavy atom. The molecule has 0 fully saturated rings. The number of ether oxygens (including phenoxy) is 3. The Hall–Kier alpha value is -2.97. The van der Waals surface area contributed by atoms with Crippen LogP contribution < -0.4 is 30.6 Å². The molecule has 1 rings (SSSR count). The van der Waals surface area contributed by atoms with Gasteiger partial charge in [-0.05, 0) is 32.9 Å². The molecule has 0 radical (unpaired) electrons. The fourth-order valence-electron chi connectivity index (χ4n) is 2.02. The van der Waals surface area contributed by atoms with Crippen LogP contribution in [-0.2, 0) is 9.59 Å². The van der Waals surface area contributed by atoms with E-state index in [9.17, 15) is 14.4 Å². The number of nitrogens with two attached hydrogens (primary N) is 1. The molecule has 0 aliphatic rings. The Labute approximate surface area is 152 Å². The molecular weight excluding hydrogens is 342 g/mol. The molecule has 0 aliphatic carbocycles. The molecule has 4 N–H and O–H groups in total. The van der Waals surface area contributed by atoms with Crippen molar-refractivity contribution in [2.45, 2.75) is 26.3 Å². The minimum Gasteiger partial charge on any atom is -0.493 e. The molecule has 0 aromatic heterocycles. The third-order valence-electron chi connectivity index (χ3n) is 3.01. The maximum Gasteiger partial charge on any atom is 0.255 e. The van der Waals surface area contributed by atoms with Gasteiger partial charge in [0.1, 0.15) is 0 Å². The Balaban J connectivity index is 2.93. The molecule has 9 heteroatoms. The summed E-state index contributed by atoms with van der Waals surface area (Å²) in [6, 6.07) is 2.83. The minimum atomic E-state index is -0.666. The highest BCUT2D eigenvalue weighted by Crippen LogP contribution is 2.38. The number of primary amides is 1. The zero-order valence-electron chi connectivity index (χ0n) is 15.6. The Bertz CT molecular complexity index is 657. The van der Waals surface area contributed by atoms with Crippen molar-refractivity contribution in [1.82, 2.24) is 10.6 Å². The van der Waals surface area contributed by atoms with Crippen molar-refractivity contribution in [3.8, 4) is 17.2 Å². The lowest BCUT2D eigenvalue weighted by Gasteiger charge is -2.20. The van der Waals surface area contributed by atoms with Gasteiger partial charge in [0.15, 0.2) is 18.1 Å². The summed E-state index contributed by atoms with van der Waals surface area (Å²) in [7, 11) is 2.76. The standard InChI is InChI=1S/C17H25N3O6/c1-17(2,3)20-14(22)8-19-16(23)10-6-11(24-4)15(12(7-10)25-5)26-9-13(18)21/h6-7H,8-9H2,1-5H3,(H2,18,21)(H,19,23)(H,20,22). The van der Waals surface area contributed by atoms with Gasteiger partial charge in [0, 0.05) is 11.1 Å². The van der Waals surface area contributed by atoms with Crippen LogP contribution in [0.1, 0.15) is 31.1 Å². The predicted octanol–water partition coefficient (Wildman–Crippen LogP) is 0.212. The summed E-state index contributed by atoms with van der Waals surface area (Å²) in [4.78, 5) is 35.0. The van der Waals surface area contributed by atoms with Crippen LogP contribution in [-0.4, -0.2) is 50.6 Å². The van der Waals surface area contributed by atoms with E-state index in [1.807, 2.05) is 20.8 Å². The Morgan fingerprint density at radius 2 is 1.62 bits per heavy atom. The van der Waals surface area contributed by atoms with Crippen LogP contribution in [0.4, 0.5) is 0 Å². The first kappa shape index (κ1) is 21.1. The number of nitrogens with one attached hydrogen (secondary N) is 2. The Morgan fingerprint density at radius 3 is 2.04 bits per heavy atom. The van der Waals surface area contributed by atoms with E-state index in [1.54, 1.807) is 0 Å². The molecular formula is C17H25N3O6. The normalized spacial score (nSPS) is 10.7. The van der Waals surface area contributed by atoms with Gasteiger partial charge in [-0.3, -0.25) is 14.4 Å². The summed E-state index contributed by atoms with van der Waals surface area (Å²) in [5.74, 6) is -0.945. The van der Waals surface area contributed by atoms with Gasteiger partial charge in [0.25, 0.3) is 11.8 Å². The molecule has 26 heavy (non-hydrogen) atoms. The number of carbonyl (C=O) groups is 3. The first-order chi connectivity index (χ1) is 12.1. The molecule has 9 nitrogen and oxygen atoms in total. The average Bonchev–Trinajstić information content (AvgIpc) is 2.55. The second-order valence-corrected chi connectivity index (χ2v) is 6.45. The lowest BCUT2D eigenvalue weighted by molar-refractivity contribution is -0.121. The topological polar surface area (TPSA) is 129 Å². The van der Waals surface area contributed by atoms with Crippen LogP contribution in [0, 0.1) is 0 Å². The van der Waals surface area contributed by atoms with Gasteiger partial charge in [-0.2, -0.15) is 0 Å². The fraction of sp³-hybridized carbons (Fsp3) is 0.471. The first-order valence-electron chi connectivity index (χ1n) is 7.83. The summed E-state index contributed by atoms with van der Waals surface area (Å²) in [5.41, 5.74) is 4.87. The largest absolute Gasteiger partial charge is 0.493 e. The van der Waals surface area contributed by atoms with Crippen molar-refractivity contribution in [2.24, 2.45) is 5.73 Å². The molecule has 0 aliphatic heterocycles. The minimum absolute atomic E-state index is 0.149. The molecule has 1 aromatic rings. The van der Waals surface area contributed by atoms with Crippen molar-refractivity contribution in [3.05, 3.63) is 17.7 Å². The number of methoxy groups -OCH3 is 2. The van der Waals surface area contributed by atoms with Crippen molar-refractivity contribution in [3.63, 3.8) is 0 Å². The van der Waals surface area contributed by atoms with E-state index in [0.717, 1.165) is 0 Å². The summed E-state index contributed by atoms with van der Waals surface area (Å²) in [6.07, 6.45) is 0. The average molecular weight is 367 g/mol. The van der Waals surface area contributed by atoms with Crippen LogP contribution in [0.3, 0.4) is 0 Å². The third-order valence-corrected chi connectivity index (χ3v) is 3.01. The second-order valence-electron chi connectivity index (χ2n) is 6.45. The number of amides is 3. The summed E-state index contributed by atoms with van der Waals surface area (Å²) in [6.45, 7) is 4.97. The SMILES string of the molecule is COc1cc(C(=O)NCC(=O)NC(C)(C)C)cc(OC)c1OCC(N)=O. The highest BCUT2D eigenvalue weighted by molar-refractivity contribution is 5.97. The highest BCUT2D eigenvalue weighted by atomic mass is 16.5. The molecule has 3 amide bonds. The molecule has 0 atom stereocenters. The molecule has 0 saturated carbocycles. The first-order valence-corrected chi connectivity index (χ1v) is 7.83. The number of carbonyl (C=O) groups excluding carboxylic acids is 3. The van der Waals surface area contributed by atoms with Crippen molar-refractivity contribution in [1.29, 1.82) is 0 Å². The second kappa shape index (κ2) is 8.93. The molecule has 0 unspecified atom stereocenters. The van der Waals surface area contributed by atoms with Gasteiger partial charge in [0.2, 0.25) is 11.7 Å². The van der Waals surface area contributed by atoms with Gasteiger partial charge < -0.3 is 30.6 Å². The van der Waals surface area contributed by atoms with Gasteiger partial charge in [-0.25, -0.2) is 0 Å². The number of hydrogen-bond acceptors (Lipinski definition) is 6. The van der Waals surface area contributed by atoms with Crippen LogP contribution in [0.2, 0.25) is 0 Å². The smallest absolute Gasteiger partial charge is 0.255 e. The van der Waals surface area contributed by atoms with Gasteiger partial charge in [-0.1, -0.05) is 0 Å². The van der Waals surface area contributed by atoms with Crippen molar-refractivity contribution in [2.75, 3.05) is 27.4 Å². The van der Waals surface area contributed by atoms with E-state index in [2.05, 4.69) is 10.6 Å². The van der Waals surface area contributed by atoms with E-state index in [-0.39, 0.29) is 41.9 Å². The van der Waals surface area contributed by atoms with E-state index in [4.69, 9.17) is 19.9 Å². The number of hydrogen-bond donors (Lipinski definition) is 3. The maximum absolute atomic E-state index is 12.3. The Kier molecular flexibility index (Phi) is 7.24. The van der Waals surface area contributed by atoms with Gasteiger partial charge in [0.05, 0.1) is 20.8 Å².